The lowest BCUT2D eigenvalue weighted by Crippen LogP contribution is -2.24. The molecule has 1 aliphatic heterocycles. The molecule has 0 spiro atoms. The number of nitriles is 1. The Kier molecular flexibility index (Phi) is 5.84. The third-order valence-corrected chi connectivity index (χ3v) is 4.72. The van der Waals surface area contributed by atoms with Gasteiger partial charge >= 0.3 is 0 Å². The largest absolute Gasteiger partial charge is 0.454 e. The van der Waals surface area contributed by atoms with Crippen LogP contribution >= 0.6 is 11.6 Å². The minimum atomic E-state index is 0.132. The Morgan fingerprint density at radius 2 is 2.17 bits per heavy atom. The Labute approximate surface area is 178 Å². The van der Waals surface area contributed by atoms with Crippen molar-refractivity contribution in [1.82, 2.24) is 9.97 Å². The summed E-state index contributed by atoms with van der Waals surface area (Å²) in [5.41, 5.74) is 1.91. The van der Waals surface area contributed by atoms with Crippen LogP contribution < -0.4 is 19.7 Å². The quantitative estimate of drug-likeness (QED) is 0.602. The van der Waals surface area contributed by atoms with Crippen molar-refractivity contribution >= 4 is 34.7 Å². The van der Waals surface area contributed by atoms with Gasteiger partial charge in [0, 0.05) is 25.5 Å². The molecule has 9 heteroatoms. The van der Waals surface area contributed by atoms with Gasteiger partial charge in [0.05, 0.1) is 23.3 Å². The van der Waals surface area contributed by atoms with E-state index < -0.39 is 0 Å². The van der Waals surface area contributed by atoms with Gasteiger partial charge in [0.15, 0.2) is 11.5 Å². The minimum absolute atomic E-state index is 0.132. The summed E-state index contributed by atoms with van der Waals surface area (Å²) in [6, 6.07) is 14.5. The highest BCUT2D eigenvalue weighted by atomic mass is 35.5. The van der Waals surface area contributed by atoms with E-state index in [0.29, 0.717) is 58.4 Å². The normalized spacial score (nSPS) is 11.8. The average molecular weight is 424 g/mol. The second kappa shape index (κ2) is 8.86. The van der Waals surface area contributed by atoms with E-state index in [4.69, 9.17) is 31.1 Å². The van der Waals surface area contributed by atoms with Crippen molar-refractivity contribution in [1.29, 1.82) is 5.26 Å². The number of anilines is 4. The summed E-state index contributed by atoms with van der Waals surface area (Å²) in [4.78, 5) is 10.8. The van der Waals surface area contributed by atoms with E-state index in [2.05, 4.69) is 21.4 Å². The molecule has 1 aliphatic rings. The van der Waals surface area contributed by atoms with Crippen LogP contribution in [0.2, 0.25) is 5.02 Å². The van der Waals surface area contributed by atoms with E-state index in [1.165, 1.54) is 0 Å². The summed E-state index contributed by atoms with van der Waals surface area (Å²) in [6.07, 6.45) is 1.65. The topological polar surface area (TPSA) is 92.5 Å². The van der Waals surface area contributed by atoms with Gasteiger partial charge in [-0.15, -0.1) is 0 Å². The van der Waals surface area contributed by atoms with Crippen molar-refractivity contribution in [2.75, 3.05) is 37.3 Å². The van der Waals surface area contributed by atoms with Gasteiger partial charge in [-0.25, -0.2) is 4.98 Å². The first-order valence-electron chi connectivity index (χ1n) is 9.14. The molecule has 0 saturated carbocycles. The number of nitrogens with zero attached hydrogens (tertiary/aromatic N) is 4. The third kappa shape index (κ3) is 4.08. The van der Waals surface area contributed by atoms with E-state index in [-0.39, 0.29) is 6.79 Å². The van der Waals surface area contributed by atoms with Crippen LogP contribution in [-0.2, 0) is 4.74 Å². The molecule has 0 atom stereocenters. The SMILES string of the molecule is COCCN(c1ccnc(Nc2cccc(C#N)c2)n1)c1c(Cl)ccc2c1OCO2. The van der Waals surface area contributed by atoms with Crippen LogP contribution in [-0.4, -0.2) is 37.0 Å². The molecule has 8 nitrogen and oxygen atoms in total. The van der Waals surface area contributed by atoms with Crippen LogP contribution in [0, 0.1) is 11.3 Å². The number of ether oxygens (including phenoxy) is 3. The van der Waals surface area contributed by atoms with Gasteiger partial charge in [0.25, 0.3) is 0 Å². The van der Waals surface area contributed by atoms with Crippen molar-refractivity contribution in [2.45, 2.75) is 0 Å². The first-order chi connectivity index (χ1) is 14.7. The summed E-state index contributed by atoms with van der Waals surface area (Å²) in [5.74, 6) is 2.17. The molecule has 0 radical (unpaired) electrons. The summed E-state index contributed by atoms with van der Waals surface area (Å²) in [5, 5.41) is 12.7. The van der Waals surface area contributed by atoms with Crippen LogP contribution in [0.15, 0.2) is 48.7 Å². The fourth-order valence-corrected chi connectivity index (χ4v) is 3.31. The number of hydrogen-bond acceptors (Lipinski definition) is 8. The van der Waals surface area contributed by atoms with E-state index >= 15 is 0 Å². The first-order valence-corrected chi connectivity index (χ1v) is 9.52. The minimum Gasteiger partial charge on any atom is -0.454 e. The van der Waals surface area contributed by atoms with Gasteiger partial charge in [0.2, 0.25) is 12.7 Å². The number of nitrogens with one attached hydrogen (secondary N) is 1. The van der Waals surface area contributed by atoms with E-state index in [1.807, 2.05) is 11.0 Å². The summed E-state index contributed by atoms with van der Waals surface area (Å²) in [7, 11) is 1.63. The fourth-order valence-electron chi connectivity index (χ4n) is 3.06. The summed E-state index contributed by atoms with van der Waals surface area (Å²) >= 11 is 6.53. The lowest BCUT2D eigenvalue weighted by atomic mass is 10.2. The number of rotatable bonds is 7. The molecule has 0 amide bonds. The van der Waals surface area contributed by atoms with Gasteiger partial charge in [0.1, 0.15) is 11.5 Å². The maximum atomic E-state index is 9.09. The van der Waals surface area contributed by atoms with Gasteiger partial charge in [-0.1, -0.05) is 17.7 Å². The molecule has 30 heavy (non-hydrogen) atoms. The van der Waals surface area contributed by atoms with Crippen molar-refractivity contribution < 1.29 is 14.2 Å². The van der Waals surface area contributed by atoms with Gasteiger partial charge in [-0.2, -0.15) is 10.2 Å². The highest BCUT2D eigenvalue weighted by Gasteiger charge is 2.26. The second-order valence-corrected chi connectivity index (χ2v) is 6.74. The standard InChI is InChI=1S/C21H18ClN5O3/c1-28-10-9-27(19-16(22)5-6-17-20(19)30-13-29-17)18-7-8-24-21(26-18)25-15-4-2-3-14(11-15)12-23/h2-8,11H,9-10,13H2,1H3,(H,24,25,26). The smallest absolute Gasteiger partial charge is 0.231 e. The predicted octanol–water partition coefficient (Wildman–Crippen LogP) is 4.26. The number of fused-ring (bicyclic) bond motifs is 1. The first kappa shape index (κ1) is 19.8. The molecule has 0 aliphatic carbocycles. The summed E-state index contributed by atoms with van der Waals surface area (Å²) < 4.78 is 16.4. The molecular formula is C21H18ClN5O3. The monoisotopic (exact) mass is 423 g/mol. The van der Waals surface area contributed by atoms with Crippen LogP contribution in [0.25, 0.3) is 0 Å². The van der Waals surface area contributed by atoms with Crippen LogP contribution in [0.4, 0.5) is 23.1 Å². The second-order valence-electron chi connectivity index (χ2n) is 6.33. The van der Waals surface area contributed by atoms with Crippen molar-refractivity contribution in [3.63, 3.8) is 0 Å². The number of methoxy groups -OCH3 is 1. The molecule has 152 valence electrons. The number of aromatic nitrogens is 2. The van der Waals surface area contributed by atoms with Gasteiger partial charge < -0.3 is 24.4 Å². The Balaban J connectivity index is 1.70. The highest BCUT2D eigenvalue weighted by Crippen LogP contribution is 2.47. The van der Waals surface area contributed by atoms with E-state index in [1.54, 1.807) is 49.7 Å². The molecule has 0 saturated heterocycles. The maximum Gasteiger partial charge on any atom is 0.231 e. The number of benzene rings is 2. The highest BCUT2D eigenvalue weighted by molar-refractivity contribution is 6.34. The number of halogens is 1. The van der Waals surface area contributed by atoms with E-state index in [9.17, 15) is 0 Å². The molecule has 4 rings (SSSR count). The Hall–Kier alpha value is -3.54. The molecule has 0 bridgehead atoms. The van der Waals surface area contributed by atoms with Crippen molar-refractivity contribution in [3.8, 4) is 17.6 Å². The molecule has 1 aromatic heterocycles. The Bertz CT molecular complexity index is 1100. The summed E-state index contributed by atoms with van der Waals surface area (Å²) in [6.45, 7) is 1.06. The molecule has 0 unspecified atom stereocenters. The number of hydrogen-bond donors (Lipinski definition) is 1. The van der Waals surface area contributed by atoms with Gasteiger partial charge in [-0.3, -0.25) is 0 Å². The Morgan fingerprint density at radius 3 is 3.00 bits per heavy atom. The molecule has 3 aromatic rings. The van der Waals surface area contributed by atoms with E-state index in [0.717, 1.165) is 0 Å². The average Bonchev–Trinajstić information content (AvgIpc) is 3.24. The van der Waals surface area contributed by atoms with Crippen molar-refractivity contribution in [2.24, 2.45) is 0 Å². The lowest BCUT2D eigenvalue weighted by molar-refractivity contribution is 0.174. The molecule has 1 N–H and O–H groups in total. The maximum absolute atomic E-state index is 9.09. The zero-order valence-corrected chi connectivity index (χ0v) is 16.9. The van der Waals surface area contributed by atoms with Crippen LogP contribution in [0.3, 0.4) is 0 Å². The van der Waals surface area contributed by atoms with Crippen LogP contribution in [0.1, 0.15) is 5.56 Å². The fraction of sp³-hybridized carbons (Fsp3) is 0.190. The van der Waals surface area contributed by atoms with Crippen molar-refractivity contribution in [3.05, 3.63) is 59.2 Å². The van der Waals surface area contributed by atoms with Crippen LogP contribution in [0.5, 0.6) is 11.5 Å². The Morgan fingerprint density at radius 1 is 1.27 bits per heavy atom. The zero-order valence-electron chi connectivity index (χ0n) is 16.1. The molecule has 2 aromatic carbocycles. The zero-order chi connectivity index (χ0) is 20.9. The molecule has 2 heterocycles. The third-order valence-electron chi connectivity index (χ3n) is 4.42. The van der Waals surface area contributed by atoms with Gasteiger partial charge in [-0.05, 0) is 36.4 Å². The molecular weight excluding hydrogens is 406 g/mol. The lowest BCUT2D eigenvalue weighted by Gasteiger charge is -2.25. The predicted molar refractivity (Wildman–Crippen MR) is 113 cm³/mol. The molecule has 0 fully saturated rings.